The van der Waals surface area contributed by atoms with E-state index in [9.17, 15) is 10.2 Å². The van der Waals surface area contributed by atoms with Gasteiger partial charge in [0.15, 0.2) is 0 Å². The van der Waals surface area contributed by atoms with Gasteiger partial charge in [0.2, 0.25) is 0 Å². The van der Waals surface area contributed by atoms with Gasteiger partial charge in [-0.1, -0.05) is 77.5 Å². The van der Waals surface area contributed by atoms with Crippen LogP contribution in [0.5, 0.6) is 5.75 Å². The molecule has 2 heteroatoms. The van der Waals surface area contributed by atoms with Gasteiger partial charge in [-0.2, -0.15) is 0 Å². The fraction of sp³-hybridized carbons (Fsp3) is 0.750. The fourth-order valence-electron chi connectivity index (χ4n) is 4.63. The molecule has 0 aliphatic heterocycles. The van der Waals surface area contributed by atoms with E-state index < -0.39 is 0 Å². The maximum Gasteiger partial charge on any atom is 0.119 e. The zero-order valence-electron chi connectivity index (χ0n) is 17.2. The molecular formula is C24H40O2. The van der Waals surface area contributed by atoms with Gasteiger partial charge in [-0.05, 0) is 61.0 Å². The number of aliphatic hydroxyl groups is 1. The number of rotatable bonds is 9. The first kappa shape index (κ1) is 21.3. The fourth-order valence-corrected chi connectivity index (χ4v) is 4.63. The number of fused-ring (bicyclic) bond motifs is 1. The Balaban J connectivity index is 0.000000247. The summed E-state index contributed by atoms with van der Waals surface area (Å²) in [6, 6.07) is 7.87. The predicted octanol–water partition coefficient (Wildman–Crippen LogP) is 6.66. The van der Waals surface area contributed by atoms with Crippen LogP contribution in [0.2, 0.25) is 0 Å². The molecule has 1 aromatic carbocycles. The summed E-state index contributed by atoms with van der Waals surface area (Å²) < 4.78 is 0. The number of unbranched alkanes of at least 4 members (excludes halogenated alkanes) is 4. The summed E-state index contributed by atoms with van der Waals surface area (Å²) in [5.41, 5.74) is 1.16. The van der Waals surface area contributed by atoms with Gasteiger partial charge in [0, 0.05) is 0 Å². The topological polar surface area (TPSA) is 40.5 Å². The van der Waals surface area contributed by atoms with Gasteiger partial charge in [0.25, 0.3) is 0 Å². The number of benzene rings is 1. The van der Waals surface area contributed by atoms with E-state index in [4.69, 9.17) is 0 Å². The second-order valence-corrected chi connectivity index (χ2v) is 8.59. The first-order valence-electron chi connectivity index (χ1n) is 11.0. The van der Waals surface area contributed by atoms with E-state index in [0.29, 0.717) is 17.6 Å². The molecule has 4 atom stereocenters. The third-order valence-corrected chi connectivity index (χ3v) is 6.42. The van der Waals surface area contributed by atoms with E-state index in [1.54, 1.807) is 0 Å². The Morgan fingerprint density at radius 3 is 1.92 bits per heavy atom. The van der Waals surface area contributed by atoms with Gasteiger partial charge in [-0.15, -0.1) is 0 Å². The van der Waals surface area contributed by atoms with Gasteiger partial charge < -0.3 is 10.2 Å². The van der Waals surface area contributed by atoms with Crippen LogP contribution in [-0.4, -0.2) is 16.3 Å². The van der Waals surface area contributed by atoms with Crippen molar-refractivity contribution < 1.29 is 10.2 Å². The van der Waals surface area contributed by atoms with Gasteiger partial charge in [-0.3, -0.25) is 0 Å². The SMILES string of the molecule is CC1CC(O)C2CC12.CCCCCC(CCCCC)c1ccccc1O. The number of hydrogen-bond donors (Lipinski definition) is 2. The van der Waals surface area contributed by atoms with E-state index >= 15 is 0 Å². The van der Waals surface area contributed by atoms with Gasteiger partial charge in [-0.25, -0.2) is 0 Å². The number of phenols is 1. The van der Waals surface area contributed by atoms with E-state index in [-0.39, 0.29) is 6.10 Å². The number of phenolic OH excluding ortho intramolecular Hbond substituents is 1. The van der Waals surface area contributed by atoms with Gasteiger partial charge in [0.1, 0.15) is 5.75 Å². The number of aromatic hydroxyl groups is 1. The molecule has 0 heterocycles. The summed E-state index contributed by atoms with van der Waals surface area (Å²) >= 11 is 0. The largest absolute Gasteiger partial charge is 0.508 e. The monoisotopic (exact) mass is 360 g/mol. The highest BCUT2D eigenvalue weighted by atomic mass is 16.3. The van der Waals surface area contributed by atoms with Crippen molar-refractivity contribution >= 4 is 0 Å². The zero-order valence-corrected chi connectivity index (χ0v) is 17.2. The van der Waals surface area contributed by atoms with Crippen molar-refractivity contribution in [1.29, 1.82) is 0 Å². The summed E-state index contributed by atoms with van der Waals surface area (Å²) in [7, 11) is 0. The Hall–Kier alpha value is -1.02. The van der Waals surface area contributed by atoms with Crippen LogP contribution in [-0.2, 0) is 0 Å². The van der Waals surface area contributed by atoms with Crippen LogP contribution >= 0.6 is 0 Å². The van der Waals surface area contributed by atoms with Crippen molar-refractivity contribution in [3.8, 4) is 5.75 Å². The molecule has 0 radical (unpaired) electrons. The molecular weight excluding hydrogens is 320 g/mol. The molecule has 4 unspecified atom stereocenters. The molecule has 0 saturated heterocycles. The average Bonchev–Trinajstić information content (AvgIpc) is 3.38. The molecule has 0 amide bonds. The number of aliphatic hydroxyl groups excluding tert-OH is 1. The minimum Gasteiger partial charge on any atom is -0.508 e. The van der Waals surface area contributed by atoms with Crippen LogP contribution in [0.3, 0.4) is 0 Å². The van der Waals surface area contributed by atoms with E-state index in [1.165, 1.54) is 57.8 Å². The molecule has 1 aromatic rings. The van der Waals surface area contributed by atoms with E-state index in [0.717, 1.165) is 23.8 Å². The van der Waals surface area contributed by atoms with Crippen molar-refractivity contribution in [2.75, 3.05) is 0 Å². The van der Waals surface area contributed by atoms with Gasteiger partial charge >= 0.3 is 0 Å². The second kappa shape index (κ2) is 11.0. The average molecular weight is 361 g/mol. The number of hydrogen-bond acceptors (Lipinski definition) is 2. The van der Waals surface area contributed by atoms with Crippen molar-refractivity contribution in [3.63, 3.8) is 0 Å². The molecule has 26 heavy (non-hydrogen) atoms. The Labute approximate surface area is 161 Å². The summed E-state index contributed by atoms with van der Waals surface area (Å²) in [4.78, 5) is 0. The summed E-state index contributed by atoms with van der Waals surface area (Å²) in [5.74, 6) is 3.46. The van der Waals surface area contributed by atoms with E-state index in [1.807, 2.05) is 18.2 Å². The maximum absolute atomic E-state index is 9.99. The van der Waals surface area contributed by atoms with Crippen LogP contribution in [0.4, 0.5) is 0 Å². The molecule has 2 fully saturated rings. The summed E-state index contributed by atoms with van der Waals surface area (Å²) in [5, 5.41) is 19.2. The van der Waals surface area contributed by atoms with Gasteiger partial charge in [0.05, 0.1) is 6.10 Å². The Morgan fingerprint density at radius 1 is 0.923 bits per heavy atom. The summed E-state index contributed by atoms with van der Waals surface area (Å²) in [6.07, 6.45) is 12.6. The Bertz CT molecular complexity index is 487. The molecule has 2 aliphatic rings. The molecule has 2 aliphatic carbocycles. The lowest BCUT2D eigenvalue weighted by Gasteiger charge is -2.18. The molecule has 2 saturated carbocycles. The summed E-state index contributed by atoms with van der Waals surface area (Å²) in [6.45, 7) is 6.74. The molecule has 0 spiro atoms. The van der Waals surface area contributed by atoms with Crippen molar-refractivity contribution in [2.24, 2.45) is 17.8 Å². The van der Waals surface area contributed by atoms with Crippen LogP contribution in [0.1, 0.15) is 96.5 Å². The third kappa shape index (κ3) is 6.30. The van der Waals surface area contributed by atoms with Crippen molar-refractivity contribution in [1.82, 2.24) is 0 Å². The lowest BCUT2D eigenvalue weighted by Crippen LogP contribution is -2.05. The molecule has 0 bridgehead atoms. The van der Waals surface area contributed by atoms with Crippen molar-refractivity contribution in [3.05, 3.63) is 29.8 Å². The van der Waals surface area contributed by atoms with Crippen LogP contribution in [0.25, 0.3) is 0 Å². The lowest BCUT2D eigenvalue weighted by molar-refractivity contribution is 0.153. The quantitative estimate of drug-likeness (QED) is 0.483. The van der Waals surface area contributed by atoms with Crippen LogP contribution < -0.4 is 0 Å². The number of para-hydroxylation sites is 1. The molecule has 2 nitrogen and oxygen atoms in total. The standard InChI is InChI=1S/C17H28O.C7H12O/c1-3-5-7-11-15(12-8-6-4-2)16-13-9-10-14-17(16)18;1-4-2-7(8)6-3-5(4)6/h9-10,13-15,18H,3-8,11-12H2,1-2H3;4-8H,2-3H2,1H3. The highest BCUT2D eigenvalue weighted by Crippen LogP contribution is 2.54. The predicted molar refractivity (Wildman–Crippen MR) is 111 cm³/mol. The third-order valence-electron chi connectivity index (χ3n) is 6.42. The Morgan fingerprint density at radius 2 is 1.54 bits per heavy atom. The lowest BCUT2D eigenvalue weighted by atomic mass is 9.88. The van der Waals surface area contributed by atoms with Crippen molar-refractivity contribution in [2.45, 2.75) is 97.0 Å². The highest BCUT2D eigenvalue weighted by Gasteiger charge is 2.51. The maximum atomic E-state index is 9.99. The highest BCUT2D eigenvalue weighted by molar-refractivity contribution is 5.34. The second-order valence-electron chi connectivity index (χ2n) is 8.59. The minimum absolute atomic E-state index is 0.0648. The molecule has 148 valence electrons. The first-order valence-corrected chi connectivity index (χ1v) is 11.0. The molecule has 2 N–H and O–H groups in total. The zero-order chi connectivity index (χ0) is 18.9. The smallest absolute Gasteiger partial charge is 0.119 e. The first-order chi connectivity index (χ1) is 12.6. The Kier molecular flexibility index (Phi) is 8.98. The normalized spacial score (nSPS) is 26.3. The van der Waals surface area contributed by atoms with Crippen LogP contribution in [0.15, 0.2) is 24.3 Å². The van der Waals surface area contributed by atoms with E-state index in [2.05, 4.69) is 26.8 Å². The van der Waals surface area contributed by atoms with Crippen LogP contribution in [0, 0.1) is 17.8 Å². The molecule has 0 aromatic heterocycles. The minimum atomic E-state index is 0.0648. The molecule has 3 rings (SSSR count).